The molecule has 5 heteroatoms. The number of hydrogen-bond donors (Lipinski definition) is 1. The lowest BCUT2D eigenvalue weighted by molar-refractivity contribution is -0.159. The van der Waals surface area contributed by atoms with E-state index < -0.39 is 11.6 Å². The Labute approximate surface area is 96.6 Å². The number of thiophene rings is 1. The van der Waals surface area contributed by atoms with Crippen molar-refractivity contribution in [1.82, 2.24) is 0 Å². The molecular formula is C10H11ClO3S. The predicted molar refractivity (Wildman–Crippen MR) is 58.6 cm³/mol. The van der Waals surface area contributed by atoms with Gasteiger partial charge in [0.1, 0.15) is 0 Å². The van der Waals surface area contributed by atoms with Gasteiger partial charge in [0.2, 0.25) is 0 Å². The molecule has 1 N–H and O–H groups in total. The molecule has 0 aliphatic carbocycles. The molecule has 0 radical (unpaired) electrons. The summed E-state index contributed by atoms with van der Waals surface area (Å²) in [5.74, 6) is -0.871. The first-order valence-electron chi connectivity index (χ1n) is 4.74. The minimum absolute atomic E-state index is 0.416. The van der Waals surface area contributed by atoms with Crippen molar-refractivity contribution < 1.29 is 14.6 Å². The van der Waals surface area contributed by atoms with E-state index in [1.807, 2.05) is 6.07 Å². The molecule has 0 aromatic carbocycles. The van der Waals surface area contributed by atoms with Crippen LogP contribution in [-0.2, 0) is 16.0 Å². The molecule has 1 saturated heterocycles. The highest BCUT2D eigenvalue weighted by molar-refractivity contribution is 7.16. The van der Waals surface area contributed by atoms with Gasteiger partial charge < -0.3 is 9.84 Å². The average Bonchev–Trinajstić information content (AvgIpc) is 2.77. The van der Waals surface area contributed by atoms with Crippen LogP contribution in [0.25, 0.3) is 0 Å². The Kier molecular flexibility index (Phi) is 3.00. The van der Waals surface area contributed by atoms with E-state index in [0.717, 1.165) is 11.3 Å². The minimum Gasteiger partial charge on any atom is -0.479 e. The zero-order valence-corrected chi connectivity index (χ0v) is 9.61. The summed E-state index contributed by atoms with van der Waals surface area (Å²) in [5.41, 5.74) is -1.02. The van der Waals surface area contributed by atoms with Crippen molar-refractivity contribution in [1.29, 1.82) is 0 Å². The number of hydrogen-bond acceptors (Lipinski definition) is 3. The maximum atomic E-state index is 11.2. The number of carboxylic acid groups (broad SMARTS) is 1. The van der Waals surface area contributed by atoms with Crippen molar-refractivity contribution in [2.45, 2.75) is 24.9 Å². The molecule has 15 heavy (non-hydrogen) atoms. The second kappa shape index (κ2) is 4.12. The van der Waals surface area contributed by atoms with Gasteiger partial charge >= 0.3 is 5.97 Å². The summed E-state index contributed by atoms with van der Waals surface area (Å²) >= 11 is 7.21. The fraction of sp³-hybridized carbons (Fsp3) is 0.500. The van der Waals surface area contributed by atoms with E-state index in [1.54, 1.807) is 6.07 Å². The van der Waals surface area contributed by atoms with Gasteiger partial charge in [-0.2, -0.15) is 0 Å². The molecule has 2 heterocycles. The molecule has 1 aliphatic heterocycles. The molecule has 0 spiro atoms. The topological polar surface area (TPSA) is 46.5 Å². The van der Waals surface area contributed by atoms with Crippen molar-refractivity contribution in [2.24, 2.45) is 0 Å². The van der Waals surface area contributed by atoms with E-state index in [1.165, 1.54) is 11.3 Å². The van der Waals surface area contributed by atoms with Crippen LogP contribution in [0.5, 0.6) is 0 Å². The summed E-state index contributed by atoms with van der Waals surface area (Å²) in [6.07, 6.45) is 1.81. The number of carbonyl (C=O) groups is 1. The van der Waals surface area contributed by atoms with E-state index in [0.29, 0.717) is 23.8 Å². The molecule has 0 saturated carbocycles. The molecule has 2 rings (SSSR count). The molecular weight excluding hydrogens is 236 g/mol. The number of aliphatic carboxylic acids is 1. The van der Waals surface area contributed by atoms with Gasteiger partial charge in [0.05, 0.1) is 4.34 Å². The predicted octanol–water partition coefficient (Wildman–Crippen LogP) is 2.58. The largest absolute Gasteiger partial charge is 0.479 e. The highest BCUT2D eigenvalue weighted by Crippen LogP contribution is 2.33. The summed E-state index contributed by atoms with van der Waals surface area (Å²) in [6, 6.07) is 3.64. The normalized spacial score (nSPS) is 25.7. The van der Waals surface area contributed by atoms with Crippen LogP contribution in [0.4, 0.5) is 0 Å². The van der Waals surface area contributed by atoms with Gasteiger partial charge in [0, 0.05) is 17.9 Å². The van der Waals surface area contributed by atoms with E-state index in [2.05, 4.69) is 0 Å². The van der Waals surface area contributed by atoms with Gasteiger partial charge in [-0.15, -0.1) is 11.3 Å². The molecule has 0 bridgehead atoms. The van der Waals surface area contributed by atoms with E-state index >= 15 is 0 Å². The molecule has 82 valence electrons. The Morgan fingerprint density at radius 3 is 2.93 bits per heavy atom. The second-order valence-electron chi connectivity index (χ2n) is 3.63. The molecule has 3 nitrogen and oxygen atoms in total. The van der Waals surface area contributed by atoms with Crippen LogP contribution in [0.3, 0.4) is 0 Å². The average molecular weight is 247 g/mol. The van der Waals surface area contributed by atoms with Crippen molar-refractivity contribution in [3.8, 4) is 0 Å². The summed E-state index contributed by atoms with van der Waals surface area (Å²) in [5, 5.41) is 9.18. The van der Waals surface area contributed by atoms with Gasteiger partial charge in [0.25, 0.3) is 0 Å². The van der Waals surface area contributed by atoms with E-state index in [-0.39, 0.29) is 0 Å². The van der Waals surface area contributed by atoms with Gasteiger partial charge in [0.15, 0.2) is 5.60 Å². The SMILES string of the molecule is O=C(O)C1(Cc2ccc(Cl)s2)CCCO1. The van der Waals surface area contributed by atoms with Crippen LogP contribution in [0, 0.1) is 0 Å². The molecule has 1 atom stereocenters. The molecule has 1 aliphatic rings. The number of halogens is 1. The van der Waals surface area contributed by atoms with Crippen molar-refractivity contribution in [3.63, 3.8) is 0 Å². The van der Waals surface area contributed by atoms with Gasteiger partial charge in [-0.05, 0) is 25.0 Å². The first-order chi connectivity index (χ1) is 7.12. The van der Waals surface area contributed by atoms with Crippen LogP contribution in [0.1, 0.15) is 17.7 Å². The summed E-state index contributed by atoms with van der Waals surface area (Å²) < 4.78 is 6.06. The fourth-order valence-electron chi connectivity index (χ4n) is 1.81. The third-order valence-electron chi connectivity index (χ3n) is 2.58. The highest BCUT2D eigenvalue weighted by Gasteiger charge is 2.43. The van der Waals surface area contributed by atoms with Crippen molar-refractivity contribution in [3.05, 3.63) is 21.3 Å². The minimum atomic E-state index is -1.02. The third kappa shape index (κ3) is 2.17. The zero-order valence-electron chi connectivity index (χ0n) is 8.03. The summed E-state index contributed by atoms with van der Waals surface area (Å²) in [7, 11) is 0. The van der Waals surface area contributed by atoms with E-state index in [4.69, 9.17) is 16.3 Å². The highest BCUT2D eigenvalue weighted by atomic mass is 35.5. The Balaban J connectivity index is 2.17. The summed E-state index contributed by atoms with van der Waals surface area (Å²) in [4.78, 5) is 12.1. The maximum absolute atomic E-state index is 11.2. The molecule has 1 unspecified atom stereocenters. The summed E-state index contributed by atoms with van der Waals surface area (Å²) in [6.45, 7) is 0.533. The Morgan fingerprint density at radius 1 is 1.67 bits per heavy atom. The van der Waals surface area contributed by atoms with E-state index in [9.17, 15) is 9.90 Å². The van der Waals surface area contributed by atoms with Gasteiger partial charge in [-0.1, -0.05) is 11.6 Å². The van der Waals surface area contributed by atoms with Crippen molar-refractivity contribution in [2.75, 3.05) is 6.61 Å². The molecule has 1 fully saturated rings. The zero-order chi connectivity index (χ0) is 10.9. The molecule has 1 aromatic rings. The first-order valence-corrected chi connectivity index (χ1v) is 5.93. The maximum Gasteiger partial charge on any atom is 0.336 e. The Hall–Kier alpha value is -0.580. The first kappa shape index (κ1) is 10.9. The number of ether oxygens (including phenoxy) is 1. The lowest BCUT2D eigenvalue weighted by Gasteiger charge is -2.22. The van der Waals surface area contributed by atoms with Crippen LogP contribution in [-0.4, -0.2) is 23.3 Å². The second-order valence-corrected chi connectivity index (χ2v) is 5.43. The fourth-order valence-corrected chi connectivity index (χ4v) is 3.00. The number of carboxylic acids is 1. The third-order valence-corrected chi connectivity index (χ3v) is 3.81. The molecule has 1 aromatic heterocycles. The smallest absolute Gasteiger partial charge is 0.336 e. The monoisotopic (exact) mass is 246 g/mol. The van der Waals surface area contributed by atoms with Gasteiger partial charge in [-0.3, -0.25) is 0 Å². The Morgan fingerprint density at radius 2 is 2.47 bits per heavy atom. The van der Waals surface area contributed by atoms with Crippen LogP contribution >= 0.6 is 22.9 Å². The lowest BCUT2D eigenvalue weighted by Crippen LogP contribution is -2.39. The number of rotatable bonds is 3. The lowest BCUT2D eigenvalue weighted by atomic mass is 9.95. The molecule has 0 amide bonds. The standard InChI is InChI=1S/C10H11ClO3S/c11-8-3-2-7(15-8)6-10(9(12)13)4-1-5-14-10/h2-3H,1,4-6H2,(H,12,13). The van der Waals surface area contributed by atoms with Crippen LogP contribution in [0.15, 0.2) is 12.1 Å². The Bertz CT molecular complexity index is 368. The van der Waals surface area contributed by atoms with Crippen molar-refractivity contribution >= 4 is 28.9 Å². The van der Waals surface area contributed by atoms with Crippen LogP contribution in [0.2, 0.25) is 4.34 Å². The van der Waals surface area contributed by atoms with Gasteiger partial charge in [-0.25, -0.2) is 4.79 Å². The van der Waals surface area contributed by atoms with Crippen LogP contribution < -0.4 is 0 Å². The quantitative estimate of drug-likeness (QED) is 0.892.